The van der Waals surface area contributed by atoms with Crippen molar-refractivity contribution in [1.29, 1.82) is 0 Å². The molecule has 0 aliphatic carbocycles. The van der Waals surface area contributed by atoms with E-state index in [0.717, 1.165) is 21.7 Å². The molecule has 0 saturated carbocycles. The number of nitrogens with one attached hydrogen (secondary N) is 1. The molecule has 0 unspecified atom stereocenters. The van der Waals surface area contributed by atoms with Crippen LogP contribution in [-0.4, -0.2) is 12.1 Å². The average Bonchev–Trinajstić information content (AvgIpc) is 3.04. The number of hydrogen-bond acceptors (Lipinski definition) is 3. The topological polar surface area (TPSA) is 54.6 Å². The number of carbonyl (C=O) groups is 1. The minimum atomic E-state index is -0.256. The van der Waals surface area contributed by atoms with Crippen molar-refractivity contribution in [1.82, 2.24) is 5.43 Å². The molecule has 1 aromatic heterocycles. The lowest BCUT2D eigenvalue weighted by molar-refractivity contribution is 0.0955. The van der Waals surface area contributed by atoms with Crippen LogP contribution in [-0.2, 0) is 0 Å². The molecule has 4 rings (SSSR count). The molecular weight excluding hydrogens is 300 g/mol. The van der Waals surface area contributed by atoms with Crippen LogP contribution in [0.5, 0.6) is 0 Å². The van der Waals surface area contributed by atoms with E-state index in [1.54, 1.807) is 6.07 Å². The first-order valence-corrected chi connectivity index (χ1v) is 7.60. The van der Waals surface area contributed by atoms with Gasteiger partial charge < -0.3 is 4.42 Å². The molecule has 0 aliphatic rings. The lowest BCUT2D eigenvalue weighted by Gasteiger charge is -2.02. The van der Waals surface area contributed by atoms with E-state index in [4.69, 9.17) is 4.42 Å². The molecule has 1 N–H and O–H groups in total. The number of benzene rings is 3. The summed E-state index contributed by atoms with van der Waals surface area (Å²) in [6, 6.07) is 23.0. The standard InChI is InChI=1S/C20H14N2O2/c23-20(17-10-9-14-5-1-2-6-15(14)11-17)22-21-13-18-12-16-7-3-4-8-19(16)24-18/h1-13H,(H,22,23). The van der Waals surface area contributed by atoms with Crippen LogP contribution in [0.25, 0.3) is 21.7 Å². The highest BCUT2D eigenvalue weighted by Crippen LogP contribution is 2.17. The molecule has 0 fully saturated rings. The number of hydrogen-bond donors (Lipinski definition) is 1. The molecule has 0 atom stereocenters. The maximum Gasteiger partial charge on any atom is 0.271 e. The molecule has 4 nitrogen and oxygen atoms in total. The van der Waals surface area contributed by atoms with Crippen molar-refractivity contribution in [3.63, 3.8) is 0 Å². The lowest BCUT2D eigenvalue weighted by atomic mass is 10.1. The number of rotatable bonds is 3. The third kappa shape index (κ3) is 2.77. The summed E-state index contributed by atoms with van der Waals surface area (Å²) in [6.07, 6.45) is 1.50. The summed E-state index contributed by atoms with van der Waals surface area (Å²) >= 11 is 0. The molecular formula is C20H14N2O2. The van der Waals surface area contributed by atoms with Crippen LogP contribution in [0, 0.1) is 0 Å². The van der Waals surface area contributed by atoms with Crippen LogP contribution in [0.4, 0.5) is 0 Å². The van der Waals surface area contributed by atoms with Crippen LogP contribution in [0.3, 0.4) is 0 Å². The van der Waals surface area contributed by atoms with Gasteiger partial charge in [0.2, 0.25) is 0 Å². The molecule has 0 bridgehead atoms. The number of fused-ring (bicyclic) bond motifs is 2. The molecule has 0 radical (unpaired) electrons. The Kier molecular flexibility index (Phi) is 3.56. The number of para-hydroxylation sites is 1. The number of furan rings is 1. The summed E-state index contributed by atoms with van der Waals surface area (Å²) in [7, 11) is 0. The third-order valence-corrected chi connectivity index (χ3v) is 3.81. The zero-order valence-corrected chi connectivity index (χ0v) is 12.8. The van der Waals surface area contributed by atoms with E-state index in [0.29, 0.717) is 11.3 Å². The van der Waals surface area contributed by atoms with Gasteiger partial charge in [-0.15, -0.1) is 0 Å². The predicted molar refractivity (Wildman–Crippen MR) is 95.2 cm³/mol. The Morgan fingerprint density at radius 2 is 1.62 bits per heavy atom. The summed E-state index contributed by atoms with van der Waals surface area (Å²) in [5.74, 6) is 0.336. The second-order valence-electron chi connectivity index (χ2n) is 5.45. The lowest BCUT2D eigenvalue weighted by Crippen LogP contribution is -2.17. The summed E-state index contributed by atoms with van der Waals surface area (Å²) in [5, 5.41) is 7.09. The molecule has 0 aliphatic heterocycles. The van der Waals surface area contributed by atoms with E-state index < -0.39 is 0 Å². The van der Waals surface area contributed by atoms with Crippen molar-refractivity contribution in [2.75, 3.05) is 0 Å². The van der Waals surface area contributed by atoms with Crippen molar-refractivity contribution in [3.05, 3.63) is 84.1 Å². The van der Waals surface area contributed by atoms with E-state index >= 15 is 0 Å². The fourth-order valence-corrected chi connectivity index (χ4v) is 2.62. The maximum atomic E-state index is 12.2. The highest BCUT2D eigenvalue weighted by atomic mass is 16.3. The van der Waals surface area contributed by atoms with Gasteiger partial charge in [0, 0.05) is 10.9 Å². The normalized spacial score (nSPS) is 11.3. The molecule has 0 saturated heterocycles. The zero-order chi connectivity index (χ0) is 16.4. The third-order valence-electron chi connectivity index (χ3n) is 3.81. The smallest absolute Gasteiger partial charge is 0.271 e. The Bertz CT molecular complexity index is 1030. The second-order valence-corrected chi connectivity index (χ2v) is 5.45. The highest BCUT2D eigenvalue weighted by Gasteiger charge is 2.05. The van der Waals surface area contributed by atoms with Gasteiger partial charge in [0.15, 0.2) is 0 Å². The minimum absolute atomic E-state index is 0.256. The molecule has 4 heteroatoms. The number of hydrazone groups is 1. The van der Waals surface area contributed by atoms with Crippen LogP contribution in [0.2, 0.25) is 0 Å². The molecule has 1 heterocycles. The average molecular weight is 314 g/mol. The molecule has 4 aromatic rings. The van der Waals surface area contributed by atoms with E-state index in [9.17, 15) is 4.79 Å². The first-order valence-electron chi connectivity index (χ1n) is 7.60. The molecule has 3 aromatic carbocycles. The van der Waals surface area contributed by atoms with Crippen molar-refractivity contribution in [2.45, 2.75) is 0 Å². The van der Waals surface area contributed by atoms with Gasteiger partial charge in [0.1, 0.15) is 11.3 Å². The number of amides is 1. The molecule has 116 valence electrons. The van der Waals surface area contributed by atoms with Crippen LogP contribution >= 0.6 is 0 Å². The fourth-order valence-electron chi connectivity index (χ4n) is 2.62. The zero-order valence-electron chi connectivity index (χ0n) is 12.8. The first kappa shape index (κ1) is 14.2. The van der Waals surface area contributed by atoms with Gasteiger partial charge >= 0.3 is 0 Å². The number of nitrogens with zero attached hydrogens (tertiary/aromatic N) is 1. The Hall–Kier alpha value is -3.40. The monoisotopic (exact) mass is 314 g/mol. The molecule has 1 amide bonds. The van der Waals surface area contributed by atoms with Crippen molar-refractivity contribution >= 4 is 33.9 Å². The van der Waals surface area contributed by atoms with Crippen LogP contribution in [0.15, 0.2) is 82.3 Å². The van der Waals surface area contributed by atoms with Gasteiger partial charge in [-0.25, -0.2) is 5.43 Å². The van der Waals surface area contributed by atoms with Gasteiger partial charge in [0.25, 0.3) is 5.91 Å². The second kappa shape index (κ2) is 6.01. The summed E-state index contributed by atoms with van der Waals surface area (Å²) < 4.78 is 5.61. The van der Waals surface area contributed by atoms with Crippen LogP contribution in [0.1, 0.15) is 16.1 Å². The van der Waals surface area contributed by atoms with Crippen LogP contribution < -0.4 is 5.43 Å². The van der Waals surface area contributed by atoms with E-state index in [1.807, 2.05) is 66.7 Å². The Labute approximate surface area is 138 Å². The number of carbonyl (C=O) groups excluding carboxylic acids is 1. The SMILES string of the molecule is O=C(NN=Cc1cc2ccccc2o1)c1ccc2ccccc2c1. The maximum absolute atomic E-state index is 12.2. The van der Waals surface area contributed by atoms with Gasteiger partial charge in [-0.1, -0.05) is 48.5 Å². The minimum Gasteiger partial charge on any atom is -0.455 e. The predicted octanol–water partition coefficient (Wildman–Crippen LogP) is 4.35. The van der Waals surface area contributed by atoms with Gasteiger partial charge in [0.05, 0.1) is 6.21 Å². The van der Waals surface area contributed by atoms with Gasteiger partial charge in [-0.3, -0.25) is 4.79 Å². The summed E-state index contributed by atoms with van der Waals surface area (Å²) in [6.45, 7) is 0. The van der Waals surface area contributed by atoms with E-state index in [-0.39, 0.29) is 5.91 Å². The largest absolute Gasteiger partial charge is 0.455 e. The molecule has 0 spiro atoms. The summed E-state index contributed by atoms with van der Waals surface area (Å²) in [4.78, 5) is 12.2. The Balaban J connectivity index is 1.50. The molecule has 24 heavy (non-hydrogen) atoms. The first-order chi connectivity index (χ1) is 11.8. The van der Waals surface area contributed by atoms with E-state index in [2.05, 4.69) is 10.5 Å². The van der Waals surface area contributed by atoms with Crippen molar-refractivity contribution in [3.8, 4) is 0 Å². The quantitative estimate of drug-likeness (QED) is 0.451. The highest BCUT2D eigenvalue weighted by molar-refractivity contribution is 5.99. The Morgan fingerprint density at radius 3 is 2.46 bits per heavy atom. The van der Waals surface area contributed by atoms with E-state index in [1.165, 1.54) is 6.21 Å². The summed E-state index contributed by atoms with van der Waals surface area (Å²) in [5.41, 5.74) is 3.88. The Morgan fingerprint density at radius 1 is 0.875 bits per heavy atom. The fraction of sp³-hybridized carbons (Fsp3) is 0. The van der Waals surface area contributed by atoms with Crippen molar-refractivity contribution < 1.29 is 9.21 Å². The van der Waals surface area contributed by atoms with Gasteiger partial charge in [-0.05, 0) is 35.0 Å². The van der Waals surface area contributed by atoms with Crippen molar-refractivity contribution in [2.24, 2.45) is 5.10 Å². The van der Waals surface area contributed by atoms with Gasteiger partial charge in [-0.2, -0.15) is 5.10 Å².